The normalized spacial score (nSPS) is 14.4. The zero-order chi connectivity index (χ0) is 19.6. The lowest BCUT2D eigenvalue weighted by Gasteiger charge is -2.38. The van der Waals surface area contributed by atoms with Gasteiger partial charge in [-0.05, 0) is 36.4 Å². The Morgan fingerprint density at radius 2 is 1.52 bits per heavy atom. The average Bonchev–Trinajstić information content (AvgIpc) is 2.65. The third-order valence-corrected chi connectivity index (χ3v) is 6.71. The minimum atomic E-state index is -3.50. The van der Waals surface area contributed by atoms with E-state index < -0.39 is 15.1 Å². The van der Waals surface area contributed by atoms with E-state index in [4.69, 9.17) is 14.2 Å². The summed E-state index contributed by atoms with van der Waals surface area (Å²) in [6.45, 7) is 0.282. The lowest BCUT2D eigenvalue weighted by molar-refractivity contribution is 0.0655. The van der Waals surface area contributed by atoms with Crippen molar-refractivity contribution in [3.63, 3.8) is 0 Å². The summed E-state index contributed by atoms with van der Waals surface area (Å²) in [7, 11) is 1.02. The molecule has 0 atom stereocenters. The fourth-order valence-corrected chi connectivity index (χ4v) is 4.56. The van der Waals surface area contributed by atoms with E-state index in [0.29, 0.717) is 22.8 Å². The van der Waals surface area contributed by atoms with Crippen LogP contribution in [0, 0.1) is 0 Å². The van der Waals surface area contributed by atoms with Gasteiger partial charge in [0.15, 0.2) is 9.84 Å². The van der Waals surface area contributed by atoms with Crippen LogP contribution in [0.3, 0.4) is 0 Å². The van der Waals surface area contributed by atoms with Gasteiger partial charge in [-0.15, -0.1) is 0 Å². The van der Waals surface area contributed by atoms with Crippen LogP contribution in [0.2, 0.25) is 0 Å². The van der Waals surface area contributed by atoms with E-state index in [9.17, 15) is 13.2 Å². The van der Waals surface area contributed by atoms with Crippen molar-refractivity contribution < 1.29 is 27.4 Å². The molecule has 1 aliphatic rings. The second-order valence-electron chi connectivity index (χ2n) is 6.12. The molecule has 144 valence electrons. The van der Waals surface area contributed by atoms with Crippen LogP contribution in [0.1, 0.15) is 10.4 Å². The van der Waals surface area contributed by atoms with Gasteiger partial charge in [-0.1, -0.05) is 0 Å². The molecular formula is C19H21NO6S. The molecule has 1 heterocycles. The minimum absolute atomic E-state index is 0.141. The Balaban J connectivity index is 1.72. The Bertz CT molecular complexity index is 933. The molecule has 0 bridgehead atoms. The third-order valence-electron chi connectivity index (χ3n) is 4.60. The van der Waals surface area contributed by atoms with Crippen molar-refractivity contribution in [3.8, 4) is 17.2 Å². The smallest absolute Gasteiger partial charge is 0.257 e. The minimum Gasteiger partial charge on any atom is -0.497 e. The van der Waals surface area contributed by atoms with Crippen LogP contribution in [0.25, 0.3) is 0 Å². The summed E-state index contributed by atoms with van der Waals surface area (Å²) in [5, 5.41) is -0.626. The van der Waals surface area contributed by atoms with Crippen LogP contribution in [0.15, 0.2) is 47.4 Å². The van der Waals surface area contributed by atoms with Crippen molar-refractivity contribution in [2.75, 3.05) is 34.4 Å². The first-order valence-electron chi connectivity index (χ1n) is 8.30. The average molecular weight is 391 g/mol. The number of ether oxygens (including phenoxy) is 3. The number of likely N-dealkylation sites (tertiary alicyclic amines) is 1. The van der Waals surface area contributed by atoms with Gasteiger partial charge in [-0.3, -0.25) is 4.79 Å². The van der Waals surface area contributed by atoms with Gasteiger partial charge in [0, 0.05) is 19.2 Å². The van der Waals surface area contributed by atoms with Gasteiger partial charge in [0.1, 0.15) is 22.5 Å². The first-order valence-corrected chi connectivity index (χ1v) is 9.84. The number of nitrogens with zero attached hydrogens (tertiary/aromatic N) is 1. The van der Waals surface area contributed by atoms with Gasteiger partial charge >= 0.3 is 0 Å². The largest absolute Gasteiger partial charge is 0.497 e. The summed E-state index contributed by atoms with van der Waals surface area (Å²) in [5.41, 5.74) is 0.374. The number of carbonyl (C=O) groups excluding carboxylic acids is 1. The van der Waals surface area contributed by atoms with E-state index in [-0.39, 0.29) is 23.9 Å². The first-order chi connectivity index (χ1) is 12.9. The molecule has 7 nitrogen and oxygen atoms in total. The summed E-state index contributed by atoms with van der Waals surface area (Å²) >= 11 is 0. The number of hydrogen-bond acceptors (Lipinski definition) is 6. The van der Waals surface area contributed by atoms with Crippen LogP contribution in [0.5, 0.6) is 17.2 Å². The number of methoxy groups -OCH3 is 3. The maximum absolute atomic E-state index is 12.7. The van der Waals surface area contributed by atoms with Crippen molar-refractivity contribution in [3.05, 3.63) is 48.0 Å². The molecule has 8 heteroatoms. The summed E-state index contributed by atoms with van der Waals surface area (Å²) in [4.78, 5) is 14.4. The second kappa shape index (κ2) is 7.48. The maximum Gasteiger partial charge on any atom is 0.257 e. The lowest BCUT2D eigenvalue weighted by atomic mass is 10.1. The molecule has 2 aromatic rings. The number of rotatable bonds is 6. The van der Waals surface area contributed by atoms with Crippen molar-refractivity contribution in [1.29, 1.82) is 0 Å². The van der Waals surface area contributed by atoms with E-state index >= 15 is 0 Å². The van der Waals surface area contributed by atoms with Crippen LogP contribution in [-0.4, -0.2) is 58.9 Å². The fraction of sp³-hybridized carbons (Fsp3) is 0.316. The highest BCUT2D eigenvalue weighted by Gasteiger charge is 2.41. The van der Waals surface area contributed by atoms with E-state index in [1.54, 1.807) is 30.3 Å². The molecule has 0 spiro atoms. The zero-order valence-corrected chi connectivity index (χ0v) is 16.2. The lowest BCUT2D eigenvalue weighted by Crippen LogP contribution is -2.56. The van der Waals surface area contributed by atoms with E-state index in [0.717, 1.165) is 0 Å². The quantitative estimate of drug-likeness (QED) is 0.749. The van der Waals surface area contributed by atoms with Crippen LogP contribution in [-0.2, 0) is 9.84 Å². The predicted octanol–water partition coefficient (Wildman–Crippen LogP) is 2.01. The Hall–Kier alpha value is -2.74. The Labute approximate surface area is 158 Å². The molecule has 1 aliphatic heterocycles. The highest BCUT2D eigenvalue weighted by Crippen LogP contribution is 2.30. The molecule has 1 fully saturated rings. The topological polar surface area (TPSA) is 82.1 Å². The zero-order valence-electron chi connectivity index (χ0n) is 15.3. The molecular weight excluding hydrogens is 370 g/mol. The van der Waals surface area contributed by atoms with E-state index in [1.807, 2.05) is 0 Å². The summed E-state index contributed by atoms with van der Waals surface area (Å²) in [5.74, 6) is 1.29. The monoisotopic (exact) mass is 391 g/mol. The van der Waals surface area contributed by atoms with Crippen molar-refractivity contribution >= 4 is 15.7 Å². The van der Waals surface area contributed by atoms with Crippen molar-refractivity contribution in [2.45, 2.75) is 10.1 Å². The van der Waals surface area contributed by atoms with Crippen molar-refractivity contribution in [1.82, 2.24) is 4.90 Å². The highest BCUT2D eigenvalue weighted by molar-refractivity contribution is 7.92. The molecule has 0 radical (unpaired) electrons. The number of benzene rings is 2. The van der Waals surface area contributed by atoms with Crippen LogP contribution >= 0.6 is 0 Å². The standard InChI is InChI=1S/C19H21NO6S/c1-24-13-4-7-15(8-5-13)27(22,23)16-11-20(12-16)19(21)17-9-6-14(25-2)10-18(17)26-3/h4-10,16H,11-12H2,1-3H3. The number of hydrogen-bond donors (Lipinski definition) is 0. The van der Waals surface area contributed by atoms with Gasteiger partial charge in [0.25, 0.3) is 5.91 Å². The predicted molar refractivity (Wildman–Crippen MR) is 99.4 cm³/mol. The number of sulfone groups is 1. The fourth-order valence-electron chi connectivity index (χ4n) is 2.90. The summed E-state index contributed by atoms with van der Waals surface area (Å²) < 4.78 is 40.8. The molecule has 0 aromatic heterocycles. The summed E-state index contributed by atoms with van der Waals surface area (Å²) in [6.07, 6.45) is 0. The Morgan fingerprint density at radius 3 is 2.07 bits per heavy atom. The van der Waals surface area contributed by atoms with Gasteiger partial charge in [-0.25, -0.2) is 8.42 Å². The molecule has 0 saturated carbocycles. The molecule has 0 aliphatic carbocycles. The Morgan fingerprint density at radius 1 is 0.926 bits per heavy atom. The molecule has 0 N–H and O–H groups in total. The van der Waals surface area contributed by atoms with E-state index in [1.165, 1.54) is 38.4 Å². The van der Waals surface area contributed by atoms with Gasteiger partial charge in [0.05, 0.1) is 31.8 Å². The number of amides is 1. The molecule has 1 saturated heterocycles. The van der Waals surface area contributed by atoms with Gasteiger partial charge < -0.3 is 19.1 Å². The molecule has 1 amide bonds. The Kier molecular flexibility index (Phi) is 5.27. The molecule has 2 aromatic carbocycles. The molecule has 27 heavy (non-hydrogen) atoms. The van der Waals surface area contributed by atoms with Crippen LogP contribution < -0.4 is 14.2 Å². The SMILES string of the molecule is COc1ccc(S(=O)(=O)C2CN(C(=O)c3ccc(OC)cc3OC)C2)cc1. The van der Waals surface area contributed by atoms with Crippen molar-refractivity contribution in [2.24, 2.45) is 0 Å². The third kappa shape index (κ3) is 3.57. The van der Waals surface area contributed by atoms with Gasteiger partial charge in [0.2, 0.25) is 0 Å². The maximum atomic E-state index is 12.7. The summed E-state index contributed by atoms with van der Waals surface area (Å²) in [6, 6.07) is 11.2. The second-order valence-corrected chi connectivity index (χ2v) is 8.35. The van der Waals surface area contributed by atoms with Crippen LogP contribution in [0.4, 0.5) is 0 Å². The molecule has 3 rings (SSSR count). The van der Waals surface area contributed by atoms with E-state index in [2.05, 4.69) is 0 Å². The molecule has 0 unspecified atom stereocenters. The first kappa shape index (κ1) is 19.0. The van der Waals surface area contributed by atoms with Gasteiger partial charge in [-0.2, -0.15) is 0 Å². The number of carbonyl (C=O) groups is 1. The highest BCUT2D eigenvalue weighted by atomic mass is 32.2.